The molecule has 0 N–H and O–H groups in total. The largest absolute Gasteiger partial charge is 2.00 e. The van der Waals surface area contributed by atoms with Crippen molar-refractivity contribution < 1.29 is 27.4 Å². The molecule has 0 bridgehead atoms. The minimum Gasteiger partial charge on any atom is -1.00 e. The summed E-state index contributed by atoms with van der Waals surface area (Å²) >= 11 is 0. The van der Waals surface area contributed by atoms with Crippen LogP contribution in [0.5, 0.6) is 0 Å². The summed E-state index contributed by atoms with van der Waals surface area (Å²) in [7, 11) is 0. The summed E-state index contributed by atoms with van der Waals surface area (Å²) in [5.74, 6) is 0. The molecule has 0 aromatic rings. The van der Waals surface area contributed by atoms with Gasteiger partial charge in [0.1, 0.15) is 0 Å². The Kier molecular flexibility index (Phi) is 54.6. The summed E-state index contributed by atoms with van der Waals surface area (Å²) in [5.41, 5.74) is 0. The predicted molar refractivity (Wildman–Crippen MR) is 16.9 cm³/mol. The second-order valence-corrected chi connectivity index (χ2v) is 0.250. The maximum atomic E-state index is 8.33. The summed E-state index contributed by atoms with van der Waals surface area (Å²) in [6.07, 6.45) is -2.33. The Bertz CT molecular complexity index is 35.9. The number of halogens is 1. The van der Waals surface area contributed by atoms with Crippen LogP contribution in [-0.2, 0) is 0 Å². The maximum absolute atomic E-state index is 8.33. The molecular formula is CClMg2O3+. The third kappa shape index (κ3) is 154. The minimum atomic E-state index is -2.33. The van der Waals surface area contributed by atoms with Crippen molar-refractivity contribution in [1.82, 2.24) is 0 Å². The van der Waals surface area contributed by atoms with E-state index in [9.17, 15) is 0 Å². The quantitative estimate of drug-likeness (QED) is 0.318. The van der Waals surface area contributed by atoms with Crippen molar-refractivity contribution >= 4 is 52.3 Å². The Morgan fingerprint density at radius 1 is 1.14 bits per heavy atom. The van der Waals surface area contributed by atoms with Gasteiger partial charge in [0.05, 0.1) is 0 Å². The van der Waals surface area contributed by atoms with E-state index >= 15 is 0 Å². The number of carboxylic acid groups (broad SMARTS) is 2. The molecule has 0 aliphatic rings. The number of hydrogen-bond acceptors (Lipinski definition) is 3. The monoisotopic (exact) mass is 143 g/mol. The van der Waals surface area contributed by atoms with Crippen LogP contribution in [0.25, 0.3) is 0 Å². The van der Waals surface area contributed by atoms with E-state index in [0.717, 1.165) is 0 Å². The van der Waals surface area contributed by atoms with Gasteiger partial charge in [-0.15, -0.1) is 0 Å². The Hall–Kier alpha value is 1.09. The van der Waals surface area contributed by atoms with Crippen molar-refractivity contribution in [3.8, 4) is 0 Å². The van der Waals surface area contributed by atoms with Crippen LogP contribution in [0.15, 0.2) is 0 Å². The third-order valence-electron chi connectivity index (χ3n) is 0. The third-order valence-corrected chi connectivity index (χ3v) is 0. The zero-order valence-electron chi connectivity index (χ0n) is 3.52. The molecule has 0 unspecified atom stereocenters. The fourth-order valence-corrected chi connectivity index (χ4v) is 0. The van der Waals surface area contributed by atoms with Gasteiger partial charge < -0.3 is 27.4 Å². The van der Waals surface area contributed by atoms with Crippen molar-refractivity contribution in [3.63, 3.8) is 0 Å². The summed E-state index contributed by atoms with van der Waals surface area (Å²) in [5, 5.41) is 16.7. The zero-order chi connectivity index (χ0) is 3.58. The molecule has 3 nitrogen and oxygen atoms in total. The summed E-state index contributed by atoms with van der Waals surface area (Å²) < 4.78 is 0. The Balaban J connectivity index is -0.0000000150. The van der Waals surface area contributed by atoms with E-state index in [1.807, 2.05) is 0 Å². The van der Waals surface area contributed by atoms with Crippen LogP contribution < -0.4 is 22.6 Å². The van der Waals surface area contributed by atoms with Crippen molar-refractivity contribution in [2.45, 2.75) is 0 Å². The smallest absolute Gasteiger partial charge is 1.00 e. The molecule has 6 heteroatoms. The molecule has 0 fully saturated rings. The Morgan fingerprint density at radius 3 is 1.14 bits per heavy atom. The minimum absolute atomic E-state index is 0. The molecular weight excluding hydrogens is 144 g/mol. The van der Waals surface area contributed by atoms with Gasteiger partial charge >= 0.3 is 46.1 Å². The molecule has 0 rings (SSSR count). The van der Waals surface area contributed by atoms with Gasteiger partial charge in [0.15, 0.2) is 0 Å². The van der Waals surface area contributed by atoms with Gasteiger partial charge in [-0.1, -0.05) is 0 Å². The van der Waals surface area contributed by atoms with Gasteiger partial charge in [0, 0.05) is 0 Å². The first-order chi connectivity index (χ1) is 1.73. The second-order valence-electron chi connectivity index (χ2n) is 0.250. The Labute approximate surface area is 79.2 Å². The average molecular weight is 144 g/mol. The van der Waals surface area contributed by atoms with Crippen molar-refractivity contribution in [2.24, 2.45) is 0 Å². The molecule has 0 aliphatic carbocycles. The van der Waals surface area contributed by atoms with Crippen LogP contribution in [0.2, 0.25) is 0 Å². The molecule has 0 heterocycles. The molecule has 7 heavy (non-hydrogen) atoms. The van der Waals surface area contributed by atoms with E-state index < -0.39 is 6.16 Å². The number of rotatable bonds is 0. The summed E-state index contributed by atoms with van der Waals surface area (Å²) in [4.78, 5) is 8.33. The van der Waals surface area contributed by atoms with Crippen LogP contribution >= 0.6 is 0 Å². The van der Waals surface area contributed by atoms with Gasteiger partial charge in [-0.3, -0.25) is 0 Å². The number of carbonyl (C=O) groups excluding carboxylic acids is 1. The SMILES string of the molecule is O=C([O-])[O-].[Cl-].[Mg+2].[Mg+2]. The maximum Gasteiger partial charge on any atom is 2.00 e. The number of hydrogen-bond donors (Lipinski definition) is 0. The van der Waals surface area contributed by atoms with Gasteiger partial charge in [-0.05, 0) is 6.16 Å². The molecule has 0 atom stereocenters. The fraction of sp³-hybridized carbons (Fsp3) is 0. The van der Waals surface area contributed by atoms with E-state index in [-0.39, 0.29) is 58.5 Å². The number of carbonyl (C=O) groups is 1. The molecule has 0 amide bonds. The Morgan fingerprint density at radius 2 is 1.14 bits per heavy atom. The first-order valence-corrected chi connectivity index (χ1v) is 0.612. The van der Waals surface area contributed by atoms with Crippen LogP contribution in [0, 0.1) is 0 Å². The van der Waals surface area contributed by atoms with Crippen molar-refractivity contribution in [1.29, 1.82) is 0 Å². The van der Waals surface area contributed by atoms with E-state index in [1.54, 1.807) is 0 Å². The second kappa shape index (κ2) is 15.7. The first-order valence-electron chi connectivity index (χ1n) is 0.612. The molecule has 0 saturated carbocycles. The molecule has 32 valence electrons. The molecule has 0 aromatic carbocycles. The van der Waals surface area contributed by atoms with E-state index in [0.29, 0.717) is 0 Å². The molecule has 0 radical (unpaired) electrons. The van der Waals surface area contributed by atoms with Crippen LogP contribution in [0.3, 0.4) is 0 Å². The van der Waals surface area contributed by atoms with E-state index in [4.69, 9.17) is 15.0 Å². The van der Waals surface area contributed by atoms with Crippen molar-refractivity contribution in [2.75, 3.05) is 0 Å². The average Bonchev–Trinajstić information content (AvgIpc) is 0.811. The van der Waals surface area contributed by atoms with Gasteiger partial charge in [-0.2, -0.15) is 0 Å². The summed E-state index contributed by atoms with van der Waals surface area (Å²) in [6, 6.07) is 0. The van der Waals surface area contributed by atoms with Crippen LogP contribution in [-0.4, -0.2) is 52.3 Å². The van der Waals surface area contributed by atoms with E-state index in [1.165, 1.54) is 0 Å². The normalized spacial score (nSPS) is 3.43. The van der Waals surface area contributed by atoms with Gasteiger partial charge in [0.25, 0.3) is 0 Å². The summed E-state index contributed by atoms with van der Waals surface area (Å²) in [6.45, 7) is 0. The van der Waals surface area contributed by atoms with Gasteiger partial charge in [0.2, 0.25) is 0 Å². The predicted octanol–water partition coefficient (Wildman–Crippen LogP) is -6.20. The molecule has 0 spiro atoms. The van der Waals surface area contributed by atoms with E-state index in [2.05, 4.69) is 0 Å². The topological polar surface area (TPSA) is 63.2 Å². The van der Waals surface area contributed by atoms with Gasteiger partial charge in [-0.25, -0.2) is 0 Å². The van der Waals surface area contributed by atoms with Crippen LogP contribution in [0.4, 0.5) is 4.79 Å². The van der Waals surface area contributed by atoms with Crippen LogP contribution in [0.1, 0.15) is 0 Å². The zero-order valence-corrected chi connectivity index (χ0v) is 7.10. The first kappa shape index (κ1) is 24.3. The molecule has 0 saturated heterocycles. The fourth-order valence-electron chi connectivity index (χ4n) is 0. The molecule has 0 aromatic heterocycles. The molecule has 0 aliphatic heterocycles. The van der Waals surface area contributed by atoms with Crippen molar-refractivity contribution in [3.05, 3.63) is 0 Å². The standard InChI is InChI=1S/CH2O3.ClH.2Mg/c2-1(3)4;;;/h(H2,2,3,4);1H;;/q;;2*+2/p-3.